The lowest BCUT2D eigenvalue weighted by Crippen LogP contribution is -2.20. The average molecular weight is 265 g/mol. The fourth-order valence-electron chi connectivity index (χ4n) is 1.71. The second-order valence-electron chi connectivity index (χ2n) is 4.63. The summed E-state index contributed by atoms with van der Waals surface area (Å²) < 4.78 is 5.19. The number of hydrogen-bond donors (Lipinski definition) is 2. The third kappa shape index (κ3) is 3.98. The first-order chi connectivity index (χ1) is 8.85. The van der Waals surface area contributed by atoms with Crippen LogP contribution in [0.4, 0.5) is 5.69 Å². The van der Waals surface area contributed by atoms with Gasteiger partial charge in [0.2, 0.25) is 5.91 Å². The van der Waals surface area contributed by atoms with Gasteiger partial charge < -0.3 is 15.2 Å². The molecule has 1 rings (SSSR count). The number of aliphatic carboxylic acids is 1. The van der Waals surface area contributed by atoms with Crippen molar-refractivity contribution in [2.45, 2.75) is 27.2 Å². The molecule has 1 amide bonds. The van der Waals surface area contributed by atoms with Crippen LogP contribution in [0.2, 0.25) is 0 Å². The highest BCUT2D eigenvalue weighted by molar-refractivity contribution is 5.93. The summed E-state index contributed by atoms with van der Waals surface area (Å²) in [5.41, 5.74) is 2.47. The summed E-state index contributed by atoms with van der Waals surface area (Å²) >= 11 is 0. The number of carbonyl (C=O) groups is 2. The number of carboxylic acids is 1. The molecule has 0 bridgehead atoms. The number of ether oxygens (including phenoxy) is 1. The predicted molar refractivity (Wildman–Crippen MR) is 72.5 cm³/mol. The molecule has 1 atom stereocenters. The first-order valence-corrected chi connectivity index (χ1v) is 6.03. The summed E-state index contributed by atoms with van der Waals surface area (Å²) in [5.74, 6) is -1.21. The first kappa shape index (κ1) is 15.0. The van der Waals surface area contributed by atoms with Gasteiger partial charge in [0.15, 0.2) is 0 Å². The lowest BCUT2D eigenvalue weighted by atomic mass is 10.1. The molecule has 0 aliphatic heterocycles. The number of methoxy groups -OCH3 is 1. The number of carbonyl (C=O) groups excluding carboxylic acids is 1. The van der Waals surface area contributed by atoms with Gasteiger partial charge in [-0.15, -0.1) is 0 Å². The average Bonchev–Trinajstić information content (AvgIpc) is 2.33. The van der Waals surface area contributed by atoms with Crippen LogP contribution in [0, 0.1) is 19.8 Å². The van der Waals surface area contributed by atoms with Crippen molar-refractivity contribution in [2.24, 2.45) is 5.92 Å². The van der Waals surface area contributed by atoms with E-state index in [4.69, 9.17) is 9.84 Å². The number of rotatable bonds is 5. The Morgan fingerprint density at radius 1 is 1.32 bits per heavy atom. The molecule has 0 heterocycles. The minimum absolute atomic E-state index is 0.0418. The predicted octanol–water partition coefficient (Wildman–Crippen LogP) is 2.36. The molecular weight excluding hydrogens is 246 g/mol. The van der Waals surface area contributed by atoms with Gasteiger partial charge in [0, 0.05) is 12.1 Å². The number of carboxylic acid groups (broad SMARTS) is 1. The van der Waals surface area contributed by atoms with Crippen molar-refractivity contribution in [3.05, 3.63) is 23.3 Å². The second kappa shape index (κ2) is 6.22. The van der Waals surface area contributed by atoms with Gasteiger partial charge in [-0.3, -0.25) is 9.59 Å². The van der Waals surface area contributed by atoms with Gasteiger partial charge in [0.25, 0.3) is 0 Å². The van der Waals surface area contributed by atoms with Crippen LogP contribution in [0.5, 0.6) is 5.75 Å². The second-order valence-corrected chi connectivity index (χ2v) is 4.63. The topological polar surface area (TPSA) is 75.6 Å². The van der Waals surface area contributed by atoms with Crippen LogP contribution in [-0.4, -0.2) is 24.1 Å². The number of hydrogen-bond acceptors (Lipinski definition) is 3. The first-order valence-electron chi connectivity index (χ1n) is 6.03. The maximum atomic E-state index is 11.7. The van der Waals surface area contributed by atoms with Gasteiger partial charge in [-0.2, -0.15) is 0 Å². The van der Waals surface area contributed by atoms with Crippen LogP contribution < -0.4 is 10.1 Å². The van der Waals surface area contributed by atoms with Gasteiger partial charge >= 0.3 is 5.97 Å². The highest BCUT2D eigenvalue weighted by atomic mass is 16.5. The van der Waals surface area contributed by atoms with E-state index in [-0.39, 0.29) is 12.3 Å². The molecule has 19 heavy (non-hydrogen) atoms. The quantitative estimate of drug-likeness (QED) is 0.857. The van der Waals surface area contributed by atoms with E-state index in [1.54, 1.807) is 7.11 Å². The van der Waals surface area contributed by atoms with Crippen LogP contribution in [0.15, 0.2) is 12.1 Å². The number of anilines is 1. The summed E-state index contributed by atoms with van der Waals surface area (Å²) in [6.07, 6.45) is -0.0418. The van der Waals surface area contributed by atoms with Crippen molar-refractivity contribution in [1.29, 1.82) is 0 Å². The van der Waals surface area contributed by atoms with Crippen molar-refractivity contribution >= 4 is 17.6 Å². The van der Waals surface area contributed by atoms with Crippen molar-refractivity contribution in [3.8, 4) is 5.75 Å². The SMILES string of the molecule is COc1cc(C)c(NC(=O)CC(C)C(=O)O)cc1C. The van der Waals surface area contributed by atoms with Crippen molar-refractivity contribution in [1.82, 2.24) is 0 Å². The molecule has 104 valence electrons. The monoisotopic (exact) mass is 265 g/mol. The molecule has 1 unspecified atom stereocenters. The largest absolute Gasteiger partial charge is 0.496 e. The molecule has 0 aliphatic carbocycles. The van der Waals surface area contributed by atoms with Crippen molar-refractivity contribution < 1.29 is 19.4 Å². The van der Waals surface area contributed by atoms with E-state index >= 15 is 0 Å². The normalized spacial score (nSPS) is 11.8. The van der Waals surface area contributed by atoms with Gasteiger partial charge in [-0.05, 0) is 37.1 Å². The Kier molecular flexibility index (Phi) is 4.92. The van der Waals surface area contributed by atoms with Gasteiger partial charge in [0.05, 0.1) is 13.0 Å². The Morgan fingerprint density at radius 2 is 1.95 bits per heavy atom. The van der Waals surface area contributed by atoms with Gasteiger partial charge in [0.1, 0.15) is 5.75 Å². The van der Waals surface area contributed by atoms with E-state index in [0.717, 1.165) is 16.9 Å². The molecule has 0 saturated carbocycles. The van der Waals surface area contributed by atoms with Crippen LogP contribution in [0.25, 0.3) is 0 Å². The molecular formula is C14H19NO4. The zero-order valence-electron chi connectivity index (χ0n) is 11.6. The number of aryl methyl sites for hydroxylation is 2. The van der Waals surface area contributed by atoms with E-state index < -0.39 is 11.9 Å². The summed E-state index contributed by atoms with van der Waals surface area (Å²) in [6, 6.07) is 3.66. The Hall–Kier alpha value is -2.04. The highest BCUT2D eigenvalue weighted by Crippen LogP contribution is 2.26. The van der Waals surface area contributed by atoms with Gasteiger partial charge in [-0.25, -0.2) is 0 Å². The van der Waals surface area contributed by atoms with E-state index in [1.807, 2.05) is 26.0 Å². The summed E-state index contributed by atoms with van der Waals surface area (Å²) in [4.78, 5) is 22.4. The molecule has 0 radical (unpaired) electrons. The Balaban J connectivity index is 2.80. The van der Waals surface area contributed by atoms with Crippen molar-refractivity contribution in [3.63, 3.8) is 0 Å². The molecule has 0 aliphatic rings. The lowest BCUT2D eigenvalue weighted by molar-refractivity contribution is -0.142. The Morgan fingerprint density at radius 3 is 2.47 bits per heavy atom. The number of nitrogens with one attached hydrogen (secondary N) is 1. The van der Waals surface area contributed by atoms with E-state index in [9.17, 15) is 9.59 Å². The van der Waals surface area contributed by atoms with Crippen molar-refractivity contribution in [2.75, 3.05) is 12.4 Å². The van der Waals surface area contributed by atoms with Crippen LogP contribution >= 0.6 is 0 Å². The van der Waals surface area contributed by atoms with E-state index in [2.05, 4.69) is 5.32 Å². The van der Waals surface area contributed by atoms with Crippen LogP contribution in [0.3, 0.4) is 0 Å². The van der Waals surface area contributed by atoms with Crippen LogP contribution in [0.1, 0.15) is 24.5 Å². The minimum atomic E-state index is -0.974. The molecule has 0 saturated heterocycles. The molecule has 0 spiro atoms. The highest BCUT2D eigenvalue weighted by Gasteiger charge is 2.16. The molecule has 1 aromatic carbocycles. The van der Waals surface area contributed by atoms with E-state index in [1.165, 1.54) is 6.92 Å². The number of benzene rings is 1. The molecule has 5 heteroatoms. The zero-order chi connectivity index (χ0) is 14.6. The lowest BCUT2D eigenvalue weighted by Gasteiger charge is -2.13. The smallest absolute Gasteiger partial charge is 0.306 e. The molecule has 0 aromatic heterocycles. The minimum Gasteiger partial charge on any atom is -0.496 e. The van der Waals surface area contributed by atoms with E-state index in [0.29, 0.717) is 5.69 Å². The maximum Gasteiger partial charge on any atom is 0.306 e. The third-order valence-corrected chi connectivity index (χ3v) is 2.93. The Labute approximate surface area is 112 Å². The molecule has 2 N–H and O–H groups in total. The van der Waals surface area contributed by atoms with Gasteiger partial charge in [-0.1, -0.05) is 6.92 Å². The van der Waals surface area contributed by atoms with Crippen LogP contribution in [-0.2, 0) is 9.59 Å². The maximum absolute atomic E-state index is 11.7. The zero-order valence-corrected chi connectivity index (χ0v) is 11.6. The fourth-order valence-corrected chi connectivity index (χ4v) is 1.71. The summed E-state index contributed by atoms with van der Waals surface area (Å²) in [7, 11) is 1.59. The molecule has 1 aromatic rings. The third-order valence-electron chi connectivity index (χ3n) is 2.93. The Bertz CT molecular complexity index is 496. The summed E-state index contributed by atoms with van der Waals surface area (Å²) in [6.45, 7) is 5.25. The standard InChI is InChI=1S/C14H19NO4/c1-8-6-12(19-4)9(2)5-11(8)15-13(16)7-10(3)14(17)18/h5-6,10H,7H2,1-4H3,(H,15,16)(H,17,18). The fraction of sp³-hybridized carbons (Fsp3) is 0.429. The molecule has 5 nitrogen and oxygen atoms in total. The summed E-state index contributed by atoms with van der Waals surface area (Å²) in [5, 5.41) is 11.5. The number of amides is 1. The molecule has 0 fully saturated rings.